The minimum absolute atomic E-state index is 0.399. The molecule has 86 valence electrons. The largest absolute Gasteiger partial charge is 0.354 e. The number of aryl methyl sites for hydroxylation is 1. The minimum atomic E-state index is 0.399. The lowest BCUT2D eigenvalue weighted by Crippen LogP contribution is -2.23. The molecule has 0 fully saturated rings. The summed E-state index contributed by atoms with van der Waals surface area (Å²) in [6, 6.07) is 3.69. The van der Waals surface area contributed by atoms with Crippen LogP contribution in [-0.2, 0) is 0 Å². The second-order valence-electron chi connectivity index (χ2n) is 3.87. The maximum atomic E-state index is 8.77. The average Bonchev–Trinajstić information content (AvgIpc) is 2.26. The van der Waals surface area contributed by atoms with Gasteiger partial charge in [0.1, 0.15) is 11.8 Å². The lowest BCUT2D eigenvalue weighted by Gasteiger charge is -2.11. The Bertz CT molecular complexity index is 382. The smallest absolute Gasteiger partial charge is 0.224 e. The Morgan fingerprint density at radius 3 is 2.81 bits per heavy atom. The van der Waals surface area contributed by atoms with E-state index in [1.54, 1.807) is 6.07 Å². The number of aromatic nitrogens is 2. The van der Waals surface area contributed by atoms with Crippen LogP contribution in [0.3, 0.4) is 0 Å². The molecule has 1 aromatic heterocycles. The van der Waals surface area contributed by atoms with Gasteiger partial charge in [-0.05, 0) is 32.5 Å². The third kappa shape index (κ3) is 3.83. The fraction of sp³-hybridized carbons (Fsp3) is 0.545. The Labute approximate surface area is 95.9 Å². The fourth-order valence-electron chi connectivity index (χ4n) is 1.39. The summed E-state index contributed by atoms with van der Waals surface area (Å²) >= 11 is 0. The van der Waals surface area contributed by atoms with E-state index in [9.17, 15) is 0 Å². The molecule has 1 rings (SSSR count). The third-order valence-electron chi connectivity index (χ3n) is 2.13. The lowest BCUT2D eigenvalue weighted by atomic mass is 10.2. The summed E-state index contributed by atoms with van der Waals surface area (Å²) in [6.07, 6.45) is 0. The highest BCUT2D eigenvalue weighted by Crippen LogP contribution is 2.04. The molecule has 2 N–H and O–H groups in total. The number of rotatable bonds is 5. The standard InChI is InChI=1S/C11H17N5/c1-8(6-13-3)7-14-11-15-9(2)4-10(5-12)16-11/h4,8,13H,6-7H2,1-3H3,(H,14,15,16). The van der Waals surface area contributed by atoms with Gasteiger partial charge in [-0.2, -0.15) is 5.26 Å². The van der Waals surface area contributed by atoms with Gasteiger partial charge in [-0.25, -0.2) is 9.97 Å². The van der Waals surface area contributed by atoms with E-state index in [0.717, 1.165) is 18.8 Å². The number of anilines is 1. The van der Waals surface area contributed by atoms with E-state index in [-0.39, 0.29) is 0 Å². The van der Waals surface area contributed by atoms with Crippen LogP contribution in [0.2, 0.25) is 0 Å². The van der Waals surface area contributed by atoms with E-state index in [2.05, 4.69) is 27.5 Å². The summed E-state index contributed by atoms with van der Waals surface area (Å²) in [5, 5.41) is 15.0. The monoisotopic (exact) mass is 219 g/mol. The zero-order valence-electron chi connectivity index (χ0n) is 9.91. The van der Waals surface area contributed by atoms with Gasteiger partial charge in [0.15, 0.2) is 0 Å². The number of nitrogens with one attached hydrogen (secondary N) is 2. The van der Waals surface area contributed by atoms with E-state index in [4.69, 9.17) is 5.26 Å². The molecule has 16 heavy (non-hydrogen) atoms. The van der Waals surface area contributed by atoms with Gasteiger partial charge in [-0.1, -0.05) is 6.92 Å². The molecule has 0 aromatic carbocycles. The van der Waals surface area contributed by atoms with Crippen molar-refractivity contribution in [1.29, 1.82) is 5.26 Å². The molecule has 5 nitrogen and oxygen atoms in total. The van der Waals surface area contributed by atoms with E-state index in [1.165, 1.54) is 0 Å². The maximum Gasteiger partial charge on any atom is 0.224 e. The minimum Gasteiger partial charge on any atom is -0.354 e. The molecule has 0 aliphatic carbocycles. The summed E-state index contributed by atoms with van der Waals surface area (Å²) in [6.45, 7) is 5.70. The van der Waals surface area contributed by atoms with Crippen molar-refractivity contribution in [3.05, 3.63) is 17.5 Å². The third-order valence-corrected chi connectivity index (χ3v) is 2.13. The summed E-state index contributed by atoms with van der Waals surface area (Å²) in [5.41, 5.74) is 1.20. The molecule has 0 aliphatic heterocycles. The molecule has 0 radical (unpaired) electrons. The van der Waals surface area contributed by atoms with Crippen molar-refractivity contribution >= 4 is 5.95 Å². The van der Waals surface area contributed by atoms with Crippen LogP contribution in [0.15, 0.2) is 6.07 Å². The first-order valence-corrected chi connectivity index (χ1v) is 5.30. The number of nitrogens with zero attached hydrogens (tertiary/aromatic N) is 3. The van der Waals surface area contributed by atoms with Crippen LogP contribution in [0.1, 0.15) is 18.3 Å². The zero-order valence-corrected chi connectivity index (χ0v) is 9.91. The highest BCUT2D eigenvalue weighted by Gasteiger charge is 2.04. The van der Waals surface area contributed by atoms with Gasteiger partial charge in [0.05, 0.1) is 0 Å². The van der Waals surface area contributed by atoms with Crippen LogP contribution < -0.4 is 10.6 Å². The molecule has 1 atom stereocenters. The van der Waals surface area contributed by atoms with Crippen molar-refractivity contribution in [2.75, 3.05) is 25.5 Å². The van der Waals surface area contributed by atoms with Gasteiger partial charge < -0.3 is 10.6 Å². The van der Waals surface area contributed by atoms with Gasteiger partial charge in [-0.15, -0.1) is 0 Å². The molecule has 0 saturated carbocycles. The molecule has 0 spiro atoms. The van der Waals surface area contributed by atoms with Crippen molar-refractivity contribution < 1.29 is 0 Å². The summed E-state index contributed by atoms with van der Waals surface area (Å²) in [4.78, 5) is 8.30. The SMILES string of the molecule is CNCC(C)CNc1nc(C)cc(C#N)n1. The Morgan fingerprint density at radius 1 is 1.44 bits per heavy atom. The normalized spacial score (nSPS) is 11.9. The van der Waals surface area contributed by atoms with Crippen molar-refractivity contribution in [3.8, 4) is 6.07 Å². The highest BCUT2D eigenvalue weighted by atomic mass is 15.1. The molecule has 5 heteroatoms. The Balaban J connectivity index is 2.60. The van der Waals surface area contributed by atoms with Gasteiger partial charge >= 0.3 is 0 Å². The maximum absolute atomic E-state index is 8.77. The molecule has 0 aliphatic rings. The summed E-state index contributed by atoms with van der Waals surface area (Å²) < 4.78 is 0. The van der Waals surface area contributed by atoms with E-state index in [1.807, 2.05) is 20.0 Å². The molecule has 0 saturated heterocycles. The summed E-state index contributed by atoms with van der Waals surface area (Å²) in [5.74, 6) is 1.01. The molecule has 0 amide bonds. The molecule has 0 bridgehead atoms. The van der Waals surface area contributed by atoms with Crippen molar-refractivity contribution in [1.82, 2.24) is 15.3 Å². The Kier molecular flexibility index (Phi) is 4.67. The van der Waals surface area contributed by atoms with Crippen molar-refractivity contribution in [3.63, 3.8) is 0 Å². The molecule has 1 aromatic rings. The van der Waals surface area contributed by atoms with Gasteiger partial charge in [-0.3, -0.25) is 0 Å². The Morgan fingerprint density at radius 2 is 2.19 bits per heavy atom. The van der Waals surface area contributed by atoms with Crippen LogP contribution in [0.5, 0.6) is 0 Å². The second-order valence-corrected chi connectivity index (χ2v) is 3.87. The molecular weight excluding hydrogens is 202 g/mol. The van der Waals surface area contributed by atoms with Crippen LogP contribution in [0.25, 0.3) is 0 Å². The predicted molar refractivity (Wildman–Crippen MR) is 63.1 cm³/mol. The van der Waals surface area contributed by atoms with Crippen LogP contribution in [-0.4, -0.2) is 30.1 Å². The molecule has 1 heterocycles. The number of nitriles is 1. The molecular formula is C11H17N5. The van der Waals surface area contributed by atoms with E-state index < -0.39 is 0 Å². The number of hydrogen-bond acceptors (Lipinski definition) is 5. The van der Waals surface area contributed by atoms with Crippen molar-refractivity contribution in [2.45, 2.75) is 13.8 Å². The van der Waals surface area contributed by atoms with Crippen molar-refractivity contribution in [2.24, 2.45) is 5.92 Å². The van der Waals surface area contributed by atoms with E-state index in [0.29, 0.717) is 17.6 Å². The fourth-order valence-corrected chi connectivity index (χ4v) is 1.39. The number of hydrogen-bond donors (Lipinski definition) is 2. The summed E-state index contributed by atoms with van der Waals surface area (Å²) in [7, 11) is 1.92. The average molecular weight is 219 g/mol. The first kappa shape index (κ1) is 12.4. The van der Waals surface area contributed by atoms with Crippen LogP contribution in [0, 0.1) is 24.2 Å². The quantitative estimate of drug-likeness (QED) is 0.770. The Hall–Kier alpha value is -1.67. The lowest BCUT2D eigenvalue weighted by molar-refractivity contribution is 0.568. The topological polar surface area (TPSA) is 73.6 Å². The van der Waals surface area contributed by atoms with E-state index >= 15 is 0 Å². The first-order valence-electron chi connectivity index (χ1n) is 5.30. The van der Waals surface area contributed by atoms with Gasteiger partial charge in [0.25, 0.3) is 0 Å². The predicted octanol–water partition coefficient (Wildman–Crippen LogP) is 0.924. The second kappa shape index (κ2) is 6.03. The highest BCUT2D eigenvalue weighted by molar-refractivity contribution is 5.32. The molecule has 1 unspecified atom stereocenters. The first-order chi connectivity index (χ1) is 7.65. The zero-order chi connectivity index (χ0) is 12.0. The van der Waals surface area contributed by atoms with Crippen LogP contribution >= 0.6 is 0 Å². The van der Waals surface area contributed by atoms with Gasteiger partial charge in [0, 0.05) is 12.2 Å². The van der Waals surface area contributed by atoms with Crippen LogP contribution in [0.4, 0.5) is 5.95 Å². The van der Waals surface area contributed by atoms with Gasteiger partial charge in [0.2, 0.25) is 5.95 Å².